The largest absolute Gasteiger partial charge is 0.339 e. The highest BCUT2D eigenvalue weighted by Crippen LogP contribution is 2.25. The first-order valence-corrected chi connectivity index (χ1v) is 8.35. The first-order chi connectivity index (χ1) is 11.8. The van der Waals surface area contributed by atoms with Crippen molar-refractivity contribution in [1.29, 1.82) is 0 Å². The van der Waals surface area contributed by atoms with E-state index in [1.165, 1.54) is 12.8 Å². The van der Waals surface area contributed by atoms with E-state index in [-0.39, 0.29) is 0 Å². The lowest BCUT2D eigenvalue weighted by atomic mass is 10.00. The van der Waals surface area contributed by atoms with E-state index in [4.69, 9.17) is 0 Å². The Morgan fingerprint density at radius 1 is 1.12 bits per heavy atom. The molecule has 24 heavy (non-hydrogen) atoms. The van der Waals surface area contributed by atoms with Crippen molar-refractivity contribution in [2.45, 2.75) is 19.8 Å². The molecule has 1 aliphatic heterocycles. The van der Waals surface area contributed by atoms with Crippen molar-refractivity contribution < 1.29 is 0 Å². The van der Waals surface area contributed by atoms with Gasteiger partial charge in [-0.3, -0.25) is 4.98 Å². The Kier molecular flexibility index (Phi) is 3.94. The summed E-state index contributed by atoms with van der Waals surface area (Å²) in [6.07, 6.45) is 5.80. The fourth-order valence-electron chi connectivity index (χ4n) is 3.04. The van der Waals surface area contributed by atoms with Gasteiger partial charge in [0.2, 0.25) is 5.95 Å². The molecule has 3 aromatic rings. The van der Waals surface area contributed by atoms with Gasteiger partial charge in [-0.25, -0.2) is 0 Å². The number of aromatic nitrogens is 4. The molecule has 1 N–H and O–H groups in total. The van der Waals surface area contributed by atoms with E-state index < -0.39 is 0 Å². The summed E-state index contributed by atoms with van der Waals surface area (Å²) in [5.74, 6) is 2.16. The van der Waals surface area contributed by atoms with Crippen molar-refractivity contribution in [2.75, 3.05) is 23.3 Å². The second-order valence-electron chi connectivity index (χ2n) is 6.32. The highest BCUT2D eigenvalue weighted by Gasteiger charge is 2.18. The maximum absolute atomic E-state index is 4.64. The molecular weight excluding hydrogens is 300 g/mol. The third kappa shape index (κ3) is 2.99. The van der Waals surface area contributed by atoms with Crippen LogP contribution in [0.15, 0.2) is 42.7 Å². The Bertz CT molecular complexity index is 836. The topological polar surface area (TPSA) is 66.8 Å². The molecule has 2 aromatic heterocycles. The van der Waals surface area contributed by atoms with Gasteiger partial charge in [-0.2, -0.15) is 10.1 Å². The zero-order valence-corrected chi connectivity index (χ0v) is 13.7. The molecule has 122 valence electrons. The maximum atomic E-state index is 4.64. The Morgan fingerprint density at radius 2 is 1.96 bits per heavy atom. The number of nitrogens with zero attached hydrogens (tertiary/aromatic N) is 5. The zero-order valence-electron chi connectivity index (χ0n) is 13.7. The minimum absolute atomic E-state index is 0.691. The zero-order chi connectivity index (χ0) is 16.4. The molecule has 6 heteroatoms. The predicted octanol–water partition coefficient (Wildman–Crippen LogP) is 3.40. The standard InChI is InChI=1S/C18H20N6/c1-13-7-10-24(11-8-13)18-22-16(12-20-23-18)21-15-6-2-4-14-5-3-9-19-17(14)15/h2-6,9,12-13H,7-8,10-11H2,1H3,(H,21,22,23). The molecular formula is C18H20N6. The van der Waals surface area contributed by atoms with Crippen molar-refractivity contribution in [3.05, 3.63) is 42.7 Å². The number of para-hydroxylation sites is 1. The van der Waals surface area contributed by atoms with Crippen LogP contribution < -0.4 is 10.2 Å². The summed E-state index contributed by atoms with van der Waals surface area (Å²) < 4.78 is 0. The van der Waals surface area contributed by atoms with Gasteiger partial charge in [-0.1, -0.05) is 25.1 Å². The molecule has 0 atom stereocenters. The molecule has 0 unspecified atom stereocenters. The molecule has 0 aliphatic carbocycles. The highest BCUT2D eigenvalue weighted by atomic mass is 15.3. The van der Waals surface area contributed by atoms with Crippen LogP contribution in [0.3, 0.4) is 0 Å². The fraction of sp³-hybridized carbons (Fsp3) is 0.333. The molecule has 1 fully saturated rings. The Balaban J connectivity index is 1.59. The van der Waals surface area contributed by atoms with E-state index in [9.17, 15) is 0 Å². The number of nitrogens with one attached hydrogen (secondary N) is 1. The molecule has 1 aromatic carbocycles. The highest BCUT2D eigenvalue weighted by molar-refractivity contribution is 5.91. The van der Waals surface area contributed by atoms with Crippen molar-refractivity contribution in [1.82, 2.24) is 20.2 Å². The Hall–Kier alpha value is -2.76. The molecule has 4 rings (SSSR count). The molecule has 1 saturated heterocycles. The van der Waals surface area contributed by atoms with Gasteiger partial charge in [0, 0.05) is 24.7 Å². The third-order valence-corrected chi connectivity index (χ3v) is 4.51. The number of hydrogen-bond acceptors (Lipinski definition) is 6. The number of fused-ring (bicyclic) bond motifs is 1. The lowest BCUT2D eigenvalue weighted by molar-refractivity contribution is 0.433. The lowest BCUT2D eigenvalue weighted by Crippen LogP contribution is -2.34. The second-order valence-corrected chi connectivity index (χ2v) is 6.32. The number of hydrogen-bond donors (Lipinski definition) is 1. The van der Waals surface area contributed by atoms with Crippen molar-refractivity contribution in [2.24, 2.45) is 5.92 Å². The second kappa shape index (κ2) is 6.39. The normalized spacial score (nSPS) is 15.6. The van der Waals surface area contributed by atoms with Gasteiger partial charge in [0.25, 0.3) is 0 Å². The fourth-order valence-corrected chi connectivity index (χ4v) is 3.04. The molecule has 0 bridgehead atoms. The van der Waals surface area contributed by atoms with Crippen LogP contribution in [0.25, 0.3) is 10.9 Å². The van der Waals surface area contributed by atoms with Crippen LogP contribution in [0.5, 0.6) is 0 Å². The summed E-state index contributed by atoms with van der Waals surface area (Å²) in [5.41, 5.74) is 1.85. The van der Waals surface area contributed by atoms with Crippen LogP contribution in [-0.2, 0) is 0 Å². The van der Waals surface area contributed by atoms with Gasteiger partial charge in [0.05, 0.1) is 17.4 Å². The first-order valence-electron chi connectivity index (χ1n) is 8.35. The van der Waals surface area contributed by atoms with E-state index in [1.807, 2.05) is 30.3 Å². The summed E-state index contributed by atoms with van der Waals surface area (Å²) in [6.45, 7) is 4.27. The van der Waals surface area contributed by atoms with Crippen molar-refractivity contribution in [3.63, 3.8) is 0 Å². The third-order valence-electron chi connectivity index (χ3n) is 4.51. The van der Waals surface area contributed by atoms with Gasteiger partial charge in [-0.15, -0.1) is 5.10 Å². The average Bonchev–Trinajstić information content (AvgIpc) is 2.63. The summed E-state index contributed by atoms with van der Waals surface area (Å²) >= 11 is 0. The quantitative estimate of drug-likeness (QED) is 0.798. The molecule has 0 radical (unpaired) electrons. The van der Waals surface area contributed by atoms with Gasteiger partial charge in [0.15, 0.2) is 5.82 Å². The predicted molar refractivity (Wildman–Crippen MR) is 95.5 cm³/mol. The summed E-state index contributed by atoms with van der Waals surface area (Å²) in [6, 6.07) is 10.0. The van der Waals surface area contributed by atoms with Crippen LogP contribution >= 0.6 is 0 Å². The lowest BCUT2D eigenvalue weighted by Gasteiger charge is -2.29. The van der Waals surface area contributed by atoms with E-state index in [0.717, 1.165) is 35.6 Å². The van der Waals surface area contributed by atoms with Gasteiger partial charge >= 0.3 is 0 Å². The van der Waals surface area contributed by atoms with Crippen molar-refractivity contribution in [3.8, 4) is 0 Å². The van der Waals surface area contributed by atoms with Crippen LogP contribution in [0, 0.1) is 5.92 Å². The monoisotopic (exact) mass is 320 g/mol. The Morgan fingerprint density at radius 3 is 2.83 bits per heavy atom. The van der Waals surface area contributed by atoms with Crippen LogP contribution in [0.1, 0.15) is 19.8 Å². The van der Waals surface area contributed by atoms with Crippen LogP contribution in [0.4, 0.5) is 17.5 Å². The number of rotatable bonds is 3. The van der Waals surface area contributed by atoms with E-state index in [2.05, 4.69) is 37.3 Å². The molecule has 1 aliphatic rings. The van der Waals surface area contributed by atoms with Gasteiger partial charge in [0.1, 0.15) is 0 Å². The summed E-state index contributed by atoms with van der Waals surface area (Å²) in [7, 11) is 0. The molecule has 6 nitrogen and oxygen atoms in total. The van der Waals surface area contributed by atoms with Gasteiger partial charge in [-0.05, 0) is 30.9 Å². The van der Waals surface area contributed by atoms with Crippen LogP contribution in [0.2, 0.25) is 0 Å². The van der Waals surface area contributed by atoms with Crippen LogP contribution in [-0.4, -0.2) is 33.3 Å². The maximum Gasteiger partial charge on any atom is 0.247 e. The summed E-state index contributed by atoms with van der Waals surface area (Å²) in [4.78, 5) is 11.3. The first kappa shape index (κ1) is 14.8. The van der Waals surface area contributed by atoms with E-state index in [1.54, 1.807) is 12.4 Å². The molecule has 0 amide bonds. The smallest absolute Gasteiger partial charge is 0.247 e. The average molecular weight is 320 g/mol. The summed E-state index contributed by atoms with van der Waals surface area (Å²) in [5, 5.41) is 12.7. The number of piperidine rings is 1. The van der Waals surface area contributed by atoms with Gasteiger partial charge < -0.3 is 10.2 Å². The SMILES string of the molecule is CC1CCN(c2nncc(Nc3cccc4cccnc34)n2)CC1. The number of pyridine rings is 1. The van der Waals surface area contributed by atoms with E-state index in [0.29, 0.717) is 11.8 Å². The minimum Gasteiger partial charge on any atom is -0.339 e. The molecule has 0 saturated carbocycles. The van der Waals surface area contributed by atoms with E-state index >= 15 is 0 Å². The van der Waals surface area contributed by atoms with Crippen molar-refractivity contribution >= 4 is 28.4 Å². The number of benzene rings is 1. The minimum atomic E-state index is 0.691. The Labute approximate surface area is 141 Å². The number of anilines is 3. The molecule has 3 heterocycles. The molecule has 0 spiro atoms.